The molecule has 0 bridgehead atoms. The van der Waals surface area contributed by atoms with E-state index in [-0.39, 0.29) is 4.21 Å². The maximum Gasteiger partial charge on any atom is 0.271 e. The lowest BCUT2D eigenvalue weighted by Gasteiger charge is -1.99. The Morgan fingerprint density at radius 1 is 1.38 bits per heavy atom. The van der Waals surface area contributed by atoms with Crippen LogP contribution in [0.15, 0.2) is 22.4 Å². The van der Waals surface area contributed by atoms with Gasteiger partial charge in [-0.25, -0.2) is 8.42 Å². The molecular weight excluding hydrogens is 268 g/mol. The number of fused-ring (bicyclic) bond motifs is 1. The summed E-state index contributed by atoms with van der Waals surface area (Å²) < 4.78 is 28.8. The lowest BCUT2D eigenvalue weighted by Crippen LogP contribution is -1.88. The van der Waals surface area contributed by atoms with Gasteiger partial charge in [-0.15, -0.1) is 11.3 Å². The number of ether oxygens (including phenoxy) is 1. The SMILES string of the molecule is COc1ccc2sc(S(=O)(=O)Cl)c(C)c2c1. The molecule has 2 rings (SSSR count). The van der Waals surface area contributed by atoms with Gasteiger partial charge in [0.2, 0.25) is 0 Å². The molecule has 6 heteroatoms. The van der Waals surface area contributed by atoms with Crippen molar-refractivity contribution in [2.75, 3.05) is 7.11 Å². The van der Waals surface area contributed by atoms with E-state index in [1.165, 1.54) is 11.3 Å². The first-order chi connectivity index (χ1) is 7.43. The molecule has 1 aromatic carbocycles. The third kappa shape index (κ3) is 1.90. The monoisotopic (exact) mass is 276 g/mol. The van der Waals surface area contributed by atoms with Gasteiger partial charge < -0.3 is 4.74 Å². The minimum atomic E-state index is -3.66. The van der Waals surface area contributed by atoms with Gasteiger partial charge in [0.05, 0.1) is 7.11 Å². The van der Waals surface area contributed by atoms with E-state index >= 15 is 0 Å². The molecule has 0 fully saturated rings. The maximum absolute atomic E-state index is 11.3. The van der Waals surface area contributed by atoms with Crippen LogP contribution < -0.4 is 4.74 Å². The quantitative estimate of drug-likeness (QED) is 0.792. The Bertz CT molecular complexity index is 643. The first-order valence-electron chi connectivity index (χ1n) is 4.45. The largest absolute Gasteiger partial charge is 0.497 e. The predicted molar refractivity (Wildman–Crippen MR) is 66.2 cm³/mol. The summed E-state index contributed by atoms with van der Waals surface area (Å²) in [6.45, 7) is 1.74. The Morgan fingerprint density at radius 2 is 2.06 bits per heavy atom. The number of hydrogen-bond acceptors (Lipinski definition) is 4. The van der Waals surface area contributed by atoms with E-state index in [9.17, 15) is 8.42 Å². The lowest BCUT2D eigenvalue weighted by molar-refractivity contribution is 0.415. The van der Waals surface area contributed by atoms with Gasteiger partial charge in [0.25, 0.3) is 9.05 Å². The van der Waals surface area contributed by atoms with E-state index in [1.807, 2.05) is 12.1 Å². The number of thiophene rings is 1. The van der Waals surface area contributed by atoms with Crippen LogP contribution >= 0.6 is 22.0 Å². The summed E-state index contributed by atoms with van der Waals surface area (Å²) in [5, 5.41) is 0.864. The van der Waals surface area contributed by atoms with Crippen LogP contribution in [-0.4, -0.2) is 15.5 Å². The Kier molecular flexibility index (Phi) is 2.86. The number of halogens is 1. The molecule has 0 unspecified atom stereocenters. The fourth-order valence-corrected chi connectivity index (χ4v) is 4.23. The fraction of sp³-hybridized carbons (Fsp3) is 0.200. The highest BCUT2D eigenvalue weighted by Crippen LogP contribution is 2.37. The zero-order valence-corrected chi connectivity index (χ0v) is 11.0. The van der Waals surface area contributed by atoms with E-state index < -0.39 is 9.05 Å². The molecule has 16 heavy (non-hydrogen) atoms. The van der Waals surface area contributed by atoms with Gasteiger partial charge in [-0.1, -0.05) is 0 Å². The summed E-state index contributed by atoms with van der Waals surface area (Å²) in [6, 6.07) is 5.44. The second kappa shape index (κ2) is 3.91. The van der Waals surface area contributed by atoms with Crippen LogP contribution in [0.1, 0.15) is 5.56 Å². The van der Waals surface area contributed by atoms with Crippen molar-refractivity contribution in [1.29, 1.82) is 0 Å². The molecular formula is C10H9ClO3S2. The molecule has 0 spiro atoms. The summed E-state index contributed by atoms with van der Waals surface area (Å²) in [4.78, 5) is 0. The van der Waals surface area contributed by atoms with Gasteiger partial charge >= 0.3 is 0 Å². The van der Waals surface area contributed by atoms with Crippen LogP contribution in [0.5, 0.6) is 5.75 Å². The molecule has 0 saturated heterocycles. The van der Waals surface area contributed by atoms with Crippen molar-refractivity contribution in [3.8, 4) is 5.75 Å². The molecule has 0 radical (unpaired) electrons. The van der Waals surface area contributed by atoms with Gasteiger partial charge in [-0.3, -0.25) is 0 Å². The van der Waals surface area contributed by atoms with E-state index in [2.05, 4.69) is 0 Å². The average molecular weight is 277 g/mol. The molecule has 3 nitrogen and oxygen atoms in total. The van der Waals surface area contributed by atoms with Crippen LogP contribution in [0.3, 0.4) is 0 Å². The Balaban J connectivity index is 2.79. The van der Waals surface area contributed by atoms with Crippen LogP contribution in [-0.2, 0) is 9.05 Å². The van der Waals surface area contributed by atoms with Crippen molar-refractivity contribution in [2.24, 2.45) is 0 Å². The smallest absolute Gasteiger partial charge is 0.271 e. The topological polar surface area (TPSA) is 43.4 Å². The highest BCUT2D eigenvalue weighted by Gasteiger charge is 2.19. The third-order valence-electron chi connectivity index (χ3n) is 2.32. The van der Waals surface area contributed by atoms with Crippen molar-refractivity contribution in [3.63, 3.8) is 0 Å². The number of methoxy groups -OCH3 is 1. The molecule has 2 aromatic rings. The van der Waals surface area contributed by atoms with E-state index in [1.54, 1.807) is 20.1 Å². The standard InChI is InChI=1S/C10H9ClO3S2/c1-6-8-5-7(14-2)3-4-9(8)15-10(6)16(11,12)13/h3-5H,1-2H3. The molecule has 0 N–H and O–H groups in total. The van der Waals surface area contributed by atoms with Crippen LogP contribution in [0.25, 0.3) is 10.1 Å². The molecule has 0 amide bonds. The summed E-state index contributed by atoms with van der Waals surface area (Å²) in [6.07, 6.45) is 0. The van der Waals surface area contributed by atoms with Crippen molar-refractivity contribution in [1.82, 2.24) is 0 Å². The average Bonchev–Trinajstić information content (AvgIpc) is 2.55. The summed E-state index contributed by atoms with van der Waals surface area (Å²) in [5.41, 5.74) is 0.675. The molecule has 86 valence electrons. The summed E-state index contributed by atoms with van der Waals surface area (Å²) in [5.74, 6) is 0.701. The normalized spacial score (nSPS) is 11.9. The minimum Gasteiger partial charge on any atom is -0.497 e. The van der Waals surface area contributed by atoms with Crippen molar-refractivity contribution in [2.45, 2.75) is 11.1 Å². The molecule has 0 aliphatic carbocycles. The van der Waals surface area contributed by atoms with Gasteiger partial charge in [0.15, 0.2) is 0 Å². The molecule has 1 aromatic heterocycles. The Labute approximate surface area is 102 Å². The zero-order valence-electron chi connectivity index (χ0n) is 8.65. The van der Waals surface area contributed by atoms with Gasteiger partial charge in [0.1, 0.15) is 9.96 Å². The number of rotatable bonds is 2. The van der Waals surface area contributed by atoms with Crippen LogP contribution in [0.2, 0.25) is 0 Å². The van der Waals surface area contributed by atoms with E-state index in [4.69, 9.17) is 15.4 Å². The summed E-state index contributed by atoms with van der Waals surface area (Å²) >= 11 is 1.17. The summed E-state index contributed by atoms with van der Waals surface area (Å²) in [7, 11) is 3.27. The Morgan fingerprint density at radius 3 is 2.62 bits per heavy atom. The maximum atomic E-state index is 11.3. The molecule has 0 atom stereocenters. The van der Waals surface area contributed by atoms with Crippen LogP contribution in [0.4, 0.5) is 0 Å². The van der Waals surface area contributed by atoms with Crippen molar-refractivity contribution < 1.29 is 13.2 Å². The van der Waals surface area contributed by atoms with Gasteiger partial charge in [-0.2, -0.15) is 0 Å². The Hall–Kier alpha value is -0.780. The number of aryl methyl sites for hydroxylation is 1. The molecule has 0 aliphatic rings. The number of benzene rings is 1. The molecule has 0 aliphatic heterocycles. The van der Waals surface area contributed by atoms with E-state index in [0.29, 0.717) is 11.3 Å². The second-order valence-electron chi connectivity index (χ2n) is 3.31. The predicted octanol–water partition coefficient (Wildman–Crippen LogP) is 3.15. The molecule has 0 saturated carbocycles. The number of hydrogen-bond donors (Lipinski definition) is 0. The van der Waals surface area contributed by atoms with Gasteiger partial charge in [0, 0.05) is 20.8 Å². The molecule has 1 heterocycles. The second-order valence-corrected chi connectivity index (χ2v) is 7.13. The van der Waals surface area contributed by atoms with E-state index in [0.717, 1.165) is 10.1 Å². The third-order valence-corrected chi connectivity index (χ3v) is 5.78. The highest BCUT2D eigenvalue weighted by atomic mass is 35.7. The first-order valence-corrected chi connectivity index (χ1v) is 7.58. The zero-order chi connectivity index (χ0) is 11.9. The lowest BCUT2D eigenvalue weighted by atomic mass is 10.2. The van der Waals surface area contributed by atoms with Crippen molar-refractivity contribution >= 4 is 41.2 Å². The highest BCUT2D eigenvalue weighted by molar-refractivity contribution is 8.15. The van der Waals surface area contributed by atoms with Crippen LogP contribution in [0, 0.1) is 6.92 Å². The minimum absolute atomic E-state index is 0.206. The fourth-order valence-electron chi connectivity index (χ4n) is 1.54. The first kappa shape index (κ1) is 11.7. The van der Waals surface area contributed by atoms with Crippen molar-refractivity contribution in [3.05, 3.63) is 23.8 Å². The van der Waals surface area contributed by atoms with Gasteiger partial charge in [-0.05, 0) is 30.7 Å².